The molecule has 0 unspecified atom stereocenters. The molecule has 1 aromatic carbocycles. The van der Waals surface area contributed by atoms with Gasteiger partial charge in [0.15, 0.2) is 17.3 Å². The molecule has 0 saturated carbocycles. The number of hydrogen-bond acceptors (Lipinski definition) is 6. The van der Waals surface area contributed by atoms with Gasteiger partial charge in [0.25, 0.3) is 5.91 Å². The Hall–Kier alpha value is -4.79. The Morgan fingerprint density at radius 1 is 1.00 bits per heavy atom. The van der Waals surface area contributed by atoms with Gasteiger partial charge in [-0.15, -0.1) is 0 Å². The van der Waals surface area contributed by atoms with E-state index in [1.807, 2.05) is 6.07 Å². The predicted molar refractivity (Wildman–Crippen MR) is 118 cm³/mol. The first-order chi connectivity index (χ1) is 16.1. The summed E-state index contributed by atoms with van der Waals surface area (Å²) in [5.41, 5.74) is 1.25. The van der Waals surface area contributed by atoms with Gasteiger partial charge in [-0.2, -0.15) is 9.78 Å². The summed E-state index contributed by atoms with van der Waals surface area (Å²) in [4.78, 5) is 29.3. The summed E-state index contributed by atoms with van der Waals surface area (Å²) in [5.74, 6) is -1.81. The molecule has 4 heterocycles. The van der Waals surface area contributed by atoms with Crippen molar-refractivity contribution < 1.29 is 22.8 Å². The van der Waals surface area contributed by atoms with Crippen molar-refractivity contribution in [2.45, 2.75) is 0 Å². The number of fused-ring (bicyclic) bond motifs is 1. The van der Waals surface area contributed by atoms with Crippen LogP contribution in [0.2, 0.25) is 0 Å². The van der Waals surface area contributed by atoms with Crippen LogP contribution >= 0.6 is 0 Å². The first kappa shape index (κ1) is 20.1. The molecule has 5 rings (SSSR count). The lowest BCUT2D eigenvalue weighted by Crippen LogP contribution is -2.14. The van der Waals surface area contributed by atoms with E-state index in [1.165, 1.54) is 24.7 Å². The Morgan fingerprint density at radius 3 is 2.48 bits per heavy atom. The molecule has 0 saturated heterocycles. The molecular weight excluding hydrogens is 427 g/mol. The average molecular weight is 442 g/mol. The second-order valence-electron chi connectivity index (χ2n) is 6.98. The standard InChI is InChI=1S/C24H15FN4O4/c25-18-13-16(27-23(30)20-5-2-10-32-20)12-17-19(8-7-15-4-1-9-26-14-15)28-29(22(17)18)24(31)21-6-3-11-33-21/h1-14H,(H,27,30)/b8-7+. The summed E-state index contributed by atoms with van der Waals surface area (Å²) in [6, 6.07) is 12.4. The summed E-state index contributed by atoms with van der Waals surface area (Å²) >= 11 is 0. The Labute approximate surface area is 186 Å². The second-order valence-corrected chi connectivity index (χ2v) is 6.98. The van der Waals surface area contributed by atoms with Gasteiger partial charge in [0.05, 0.1) is 18.2 Å². The zero-order valence-corrected chi connectivity index (χ0v) is 16.9. The summed E-state index contributed by atoms with van der Waals surface area (Å²) < 4.78 is 26.4. The first-order valence-electron chi connectivity index (χ1n) is 9.83. The van der Waals surface area contributed by atoms with Gasteiger partial charge < -0.3 is 14.2 Å². The Balaban J connectivity index is 1.61. The minimum absolute atomic E-state index is 0.0109. The molecule has 0 aliphatic rings. The molecule has 9 heteroatoms. The highest BCUT2D eigenvalue weighted by molar-refractivity contribution is 6.06. The number of halogens is 1. The fourth-order valence-electron chi connectivity index (χ4n) is 3.32. The van der Waals surface area contributed by atoms with E-state index in [2.05, 4.69) is 15.4 Å². The molecule has 162 valence electrons. The van der Waals surface area contributed by atoms with Crippen molar-refractivity contribution in [3.8, 4) is 0 Å². The van der Waals surface area contributed by atoms with Crippen molar-refractivity contribution in [1.29, 1.82) is 0 Å². The molecule has 33 heavy (non-hydrogen) atoms. The van der Waals surface area contributed by atoms with Crippen LogP contribution in [0.1, 0.15) is 32.4 Å². The number of benzene rings is 1. The number of nitrogens with one attached hydrogen (secondary N) is 1. The van der Waals surface area contributed by atoms with Crippen LogP contribution in [-0.2, 0) is 0 Å². The van der Waals surface area contributed by atoms with Gasteiger partial charge >= 0.3 is 5.91 Å². The van der Waals surface area contributed by atoms with Gasteiger partial charge in [-0.3, -0.25) is 14.6 Å². The summed E-state index contributed by atoms with van der Waals surface area (Å²) in [7, 11) is 0. The molecule has 0 spiro atoms. The molecule has 0 bridgehead atoms. The highest BCUT2D eigenvalue weighted by Gasteiger charge is 2.22. The van der Waals surface area contributed by atoms with Gasteiger partial charge in [-0.05, 0) is 54.1 Å². The van der Waals surface area contributed by atoms with Gasteiger partial charge in [0, 0.05) is 23.5 Å². The number of furan rings is 2. The van der Waals surface area contributed by atoms with Gasteiger partial charge in [-0.1, -0.05) is 12.1 Å². The monoisotopic (exact) mass is 442 g/mol. The van der Waals surface area contributed by atoms with Crippen molar-refractivity contribution in [2.75, 3.05) is 5.32 Å². The van der Waals surface area contributed by atoms with Crippen LogP contribution in [0.25, 0.3) is 23.1 Å². The van der Waals surface area contributed by atoms with Gasteiger partial charge in [0.1, 0.15) is 5.52 Å². The molecule has 0 radical (unpaired) electrons. The number of rotatable bonds is 5. The van der Waals surface area contributed by atoms with Gasteiger partial charge in [-0.25, -0.2) is 4.39 Å². The highest BCUT2D eigenvalue weighted by atomic mass is 19.1. The maximum absolute atomic E-state index is 15.2. The van der Waals surface area contributed by atoms with E-state index < -0.39 is 17.6 Å². The number of carbonyl (C=O) groups is 2. The third kappa shape index (κ3) is 3.94. The van der Waals surface area contributed by atoms with Crippen LogP contribution in [0.4, 0.5) is 10.1 Å². The highest BCUT2D eigenvalue weighted by Crippen LogP contribution is 2.28. The van der Waals surface area contributed by atoms with Crippen LogP contribution in [0, 0.1) is 5.82 Å². The topological polar surface area (TPSA) is 103 Å². The molecule has 1 amide bonds. The molecular formula is C24H15FN4O4. The summed E-state index contributed by atoms with van der Waals surface area (Å²) in [5, 5.41) is 7.24. The number of carbonyl (C=O) groups excluding carboxylic acids is 2. The van der Waals surface area contributed by atoms with Crippen LogP contribution in [-0.4, -0.2) is 26.6 Å². The fourth-order valence-corrected chi connectivity index (χ4v) is 3.32. The molecule has 8 nitrogen and oxygen atoms in total. The third-order valence-electron chi connectivity index (χ3n) is 4.80. The zero-order chi connectivity index (χ0) is 22.8. The van der Waals surface area contributed by atoms with Crippen molar-refractivity contribution in [2.24, 2.45) is 0 Å². The summed E-state index contributed by atoms with van der Waals surface area (Å²) in [6.45, 7) is 0. The molecule has 0 aliphatic heterocycles. The van der Waals surface area contributed by atoms with E-state index in [1.54, 1.807) is 48.8 Å². The third-order valence-corrected chi connectivity index (χ3v) is 4.80. The molecule has 4 aromatic heterocycles. The van der Waals surface area contributed by atoms with E-state index in [9.17, 15) is 9.59 Å². The first-order valence-corrected chi connectivity index (χ1v) is 9.83. The lowest BCUT2D eigenvalue weighted by Gasteiger charge is -2.06. The molecule has 0 aliphatic carbocycles. The summed E-state index contributed by atoms with van der Waals surface area (Å²) in [6.07, 6.45) is 9.39. The van der Waals surface area contributed by atoms with Crippen molar-refractivity contribution in [1.82, 2.24) is 14.8 Å². The minimum atomic E-state index is -0.740. The normalized spacial score (nSPS) is 11.3. The maximum atomic E-state index is 15.2. The number of aromatic nitrogens is 3. The van der Waals surface area contributed by atoms with Crippen molar-refractivity contribution in [3.63, 3.8) is 0 Å². The van der Waals surface area contributed by atoms with Crippen LogP contribution in [0.15, 0.2) is 82.3 Å². The molecule has 0 fully saturated rings. The number of hydrogen-bond donors (Lipinski definition) is 1. The minimum Gasteiger partial charge on any atom is -0.459 e. The average Bonchev–Trinajstić information content (AvgIpc) is 3.59. The van der Waals surface area contributed by atoms with Crippen molar-refractivity contribution >= 4 is 40.6 Å². The maximum Gasteiger partial charge on any atom is 0.314 e. The lowest BCUT2D eigenvalue weighted by atomic mass is 10.1. The number of amides is 1. The second kappa shape index (κ2) is 8.39. The Morgan fingerprint density at radius 2 is 1.79 bits per heavy atom. The smallest absolute Gasteiger partial charge is 0.314 e. The van der Waals surface area contributed by atoms with E-state index >= 15 is 4.39 Å². The van der Waals surface area contributed by atoms with E-state index in [4.69, 9.17) is 8.83 Å². The van der Waals surface area contributed by atoms with Crippen LogP contribution < -0.4 is 5.32 Å². The Bertz CT molecular complexity index is 1470. The van der Waals surface area contributed by atoms with Crippen LogP contribution in [0.5, 0.6) is 0 Å². The SMILES string of the molecule is O=C(Nc1cc(F)c2c(c1)c(/C=C/c1cccnc1)nn2C(=O)c1ccco1)c1ccco1. The molecule has 1 N–H and O–H groups in total. The van der Waals surface area contributed by atoms with E-state index in [0.717, 1.165) is 16.3 Å². The quantitative estimate of drug-likeness (QED) is 0.417. The van der Waals surface area contributed by atoms with Crippen LogP contribution in [0.3, 0.4) is 0 Å². The number of anilines is 1. The van der Waals surface area contributed by atoms with E-state index in [-0.39, 0.29) is 22.7 Å². The number of pyridine rings is 1. The van der Waals surface area contributed by atoms with Gasteiger partial charge in [0.2, 0.25) is 0 Å². The van der Waals surface area contributed by atoms with E-state index in [0.29, 0.717) is 11.1 Å². The molecule has 5 aromatic rings. The zero-order valence-electron chi connectivity index (χ0n) is 16.9. The number of nitrogens with zero attached hydrogens (tertiary/aromatic N) is 3. The molecule has 0 atom stereocenters. The largest absolute Gasteiger partial charge is 0.459 e. The predicted octanol–water partition coefficient (Wildman–Crippen LogP) is 4.87. The fraction of sp³-hybridized carbons (Fsp3) is 0. The Kier molecular flexibility index (Phi) is 5.12. The lowest BCUT2D eigenvalue weighted by molar-refractivity contribution is 0.0921. The van der Waals surface area contributed by atoms with Crippen molar-refractivity contribution in [3.05, 3.63) is 102 Å².